The topological polar surface area (TPSA) is 81.7 Å². The molecular weight excluding hydrogens is 240 g/mol. The average molecular weight is 258 g/mol. The fourth-order valence-electron chi connectivity index (χ4n) is 3.72. The molecule has 0 unspecified atom stereocenters. The normalized spacial score (nSPS) is 29.2. The number of imidazole rings is 1. The Morgan fingerprint density at radius 3 is 2.95 bits per heavy atom. The van der Waals surface area contributed by atoms with Gasteiger partial charge in [-0.2, -0.15) is 0 Å². The SMILES string of the molecule is Cn1c(N)nc2c(N[C@H]3C[C@H]4CC[C@@H]3C4)ncnc21. The molecule has 0 saturated heterocycles. The van der Waals surface area contributed by atoms with Crippen LogP contribution in [0.3, 0.4) is 0 Å². The Bertz CT molecular complexity index is 633. The number of rotatable bonds is 2. The number of aromatic nitrogens is 4. The molecule has 2 fully saturated rings. The van der Waals surface area contributed by atoms with Gasteiger partial charge in [-0.05, 0) is 31.1 Å². The van der Waals surface area contributed by atoms with Crippen LogP contribution in [-0.4, -0.2) is 25.6 Å². The third-order valence-corrected chi connectivity index (χ3v) is 4.75. The Labute approximate surface area is 111 Å². The summed E-state index contributed by atoms with van der Waals surface area (Å²) in [4.78, 5) is 13.0. The first-order valence-corrected chi connectivity index (χ1v) is 6.92. The summed E-state index contributed by atoms with van der Waals surface area (Å²) in [6.07, 6.45) is 6.97. The van der Waals surface area contributed by atoms with Crippen molar-refractivity contribution < 1.29 is 0 Å². The predicted octanol–water partition coefficient (Wildman–Crippen LogP) is 1.55. The molecule has 2 aromatic rings. The van der Waals surface area contributed by atoms with Crippen LogP contribution in [0.2, 0.25) is 0 Å². The smallest absolute Gasteiger partial charge is 0.202 e. The van der Waals surface area contributed by atoms with Crippen molar-refractivity contribution in [2.45, 2.75) is 31.7 Å². The van der Waals surface area contributed by atoms with Crippen molar-refractivity contribution in [3.05, 3.63) is 6.33 Å². The van der Waals surface area contributed by atoms with E-state index in [9.17, 15) is 0 Å². The zero-order chi connectivity index (χ0) is 13.0. The second-order valence-corrected chi connectivity index (χ2v) is 5.85. The summed E-state index contributed by atoms with van der Waals surface area (Å²) >= 11 is 0. The molecule has 2 heterocycles. The first kappa shape index (κ1) is 11.0. The summed E-state index contributed by atoms with van der Waals surface area (Å²) in [5.41, 5.74) is 7.42. The van der Waals surface area contributed by atoms with Gasteiger partial charge in [0.15, 0.2) is 17.0 Å². The average Bonchev–Trinajstić information content (AvgIpc) is 3.08. The molecule has 0 spiro atoms. The summed E-state index contributed by atoms with van der Waals surface area (Å²) < 4.78 is 1.79. The first-order valence-electron chi connectivity index (χ1n) is 6.92. The molecule has 2 bridgehead atoms. The summed E-state index contributed by atoms with van der Waals surface area (Å²) in [6, 6.07) is 0.542. The molecule has 2 aliphatic carbocycles. The number of nitrogen functional groups attached to an aromatic ring is 1. The van der Waals surface area contributed by atoms with Gasteiger partial charge in [-0.15, -0.1) is 0 Å². The number of fused-ring (bicyclic) bond motifs is 3. The second kappa shape index (κ2) is 3.82. The van der Waals surface area contributed by atoms with E-state index >= 15 is 0 Å². The Kier molecular flexibility index (Phi) is 2.22. The maximum absolute atomic E-state index is 5.85. The van der Waals surface area contributed by atoms with Crippen LogP contribution in [0.15, 0.2) is 6.33 Å². The highest BCUT2D eigenvalue weighted by Gasteiger charge is 2.39. The minimum Gasteiger partial charge on any atom is -0.369 e. The van der Waals surface area contributed by atoms with Gasteiger partial charge in [0, 0.05) is 13.1 Å². The van der Waals surface area contributed by atoms with Crippen molar-refractivity contribution in [1.82, 2.24) is 19.5 Å². The molecule has 0 aromatic carbocycles. The van der Waals surface area contributed by atoms with E-state index < -0.39 is 0 Å². The largest absolute Gasteiger partial charge is 0.369 e. The van der Waals surface area contributed by atoms with Crippen LogP contribution in [0.1, 0.15) is 25.7 Å². The maximum atomic E-state index is 5.85. The standard InChI is InChI=1S/C13H18N6/c1-19-12-10(18-13(19)14)11(15-6-16-12)17-9-5-7-2-3-8(9)4-7/h6-9H,2-5H2,1H3,(H2,14,18)(H,15,16,17)/t7-,8+,9-/m0/s1. The van der Waals surface area contributed by atoms with Crippen LogP contribution < -0.4 is 11.1 Å². The highest BCUT2D eigenvalue weighted by molar-refractivity contribution is 5.84. The minimum atomic E-state index is 0.478. The van der Waals surface area contributed by atoms with Gasteiger partial charge in [0.05, 0.1) is 0 Å². The molecule has 4 rings (SSSR count). The monoisotopic (exact) mass is 258 g/mol. The summed E-state index contributed by atoms with van der Waals surface area (Å²) in [5.74, 6) is 3.02. The third-order valence-electron chi connectivity index (χ3n) is 4.75. The van der Waals surface area contributed by atoms with Crippen molar-refractivity contribution in [2.75, 3.05) is 11.1 Å². The Morgan fingerprint density at radius 2 is 2.21 bits per heavy atom. The second-order valence-electron chi connectivity index (χ2n) is 5.85. The molecule has 2 aliphatic rings. The Hall–Kier alpha value is -1.85. The van der Waals surface area contributed by atoms with E-state index in [1.807, 2.05) is 7.05 Å². The van der Waals surface area contributed by atoms with E-state index in [4.69, 9.17) is 5.73 Å². The maximum Gasteiger partial charge on any atom is 0.202 e. The van der Waals surface area contributed by atoms with Crippen LogP contribution in [0.5, 0.6) is 0 Å². The van der Waals surface area contributed by atoms with Crippen molar-refractivity contribution in [1.29, 1.82) is 0 Å². The minimum absolute atomic E-state index is 0.478. The molecule has 0 radical (unpaired) electrons. The van der Waals surface area contributed by atoms with Gasteiger partial charge < -0.3 is 11.1 Å². The highest BCUT2D eigenvalue weighted by Crippen LogP contribution is 2.45. The lowest BCUT2D eigenvalue weighted by atomic mass is 9.95. The number of nitrogens with two attached hydrogens (primary N) is 1. The zero-order valence-electron chi connectivity index (χ0n) is 11.0. The van der Waals surface area contributed by atoms with Gasteiger partial charge in [0.2, 0.25) is 5.95 Å². The molecule has 0 aliphatic heterocycles. The van der Waals surface area contributed by atoms with Crippen LogP contribution in [0.25, 0.3) is 11.2 Å². The van der Waals surface area contributed by atoms with Gasteiger partial charge >= 0.3 is 0 Å². The van der Waals surface area contributed by atoms with Gasteiger partial charge in [0.1, 0.15) is 6.33 Å². The Balaban J connectivity index is 1.69. The van der Waals surface area contributed by atoms with Crippen LogP contribution >= 0.6 is 0 Å². The molecular formula is C13H18N6. The molecule has 3 atom stereocenters. The molecule has 19 heavy (non-hydrogen) atoms. The van der Waals surface area contributed by atoms with E-state index in [1.165, 1.54) is 25.7 Å². The van der Waals surface area contributed by atoms with Crippen molar-refractivity contribution in [2.24, 2.45) is 18.9 Å². The molecule has 2 aromatic heterocycles. The number of aryl methyl sites for hydroxylation is 1. The van der Waals surface area contributed by atoms with E-state index in [2.05, 4.69) is 20.3 Å². The number of hydrogen-bond acceptors (Lipinski definition) is 5. The van der Waals surface area contributed by atoms with Crippen molar-refractivity contribution in [3.63, 3.8) is 0 Å². The van der Waals surface area contributed by atoms with Gasteiger partial charge in [-0.25, -0.2) is 15.0 Å². The number of anilines is 2. The predicted molar refractivity (Wildman–Crippen MR) is 73.6 cm³/mol. The quantitative estimate of drug-likeness (QED) is 0.854. The fraction of sp³-hybridized carbons (Fsp3) is 0.615. The summed E-state index contributed by atoms with van der Waals surface area (Å²) in [5, 5.41) is 3.57. The first-order chi connectivity index (χ1) is 9.22. The molecule has 2 saturated carbocycles. The molecule has 6 nitrogen and oxygen atoms in total. The molecule has 6 heteroatoms. The van der Waals surface area contributed by atoms with Crippen molar-refractivity contribution in [3.8, 4) is 0 Å². The van der Waals surface area contributed by atoms with Crippen LogP contribution in [0, 0.1) is 11.8 Å². The lowest BCUT2D eigenvalue weighted by Gasteiger charge is -2.23. The van der Waals surface area contributed by atoms with Crippen molar-refractivity contribution >= 4 is 22.9 Å². The van der Waals surface area contributed by atoms with E-state index in [0.29, 0.717) is 12.0 Å². The molecule has 3 N–H and O–H groups in total. The van der Waals surface area contributed by atoms with Gasteiger partial charge in [-0.3, -0.25) is 4.57 Å². The summed E-state index contributed by atoms with van der Waals surface area (Å²) in [6.45, 7) is 0. The van der Waals surface area contributed by atoms with Gasteiger partial charge in [0.25, 0.3) is 0 Å². The summed E-state index contributed by atoms with van der Waals surface area (Å²) in [7, 11) is 1.87. The van der Waals surface area contributed by atoms with E-state index in [-0.39, 0.29) is 0 Å². The third kappa shape index (κ3) is 1.59. The molecule has 100 valence electrons. The Morgan fingerprint density at radius 1 is 1.32 bits per heavy atom. The lowest BCUT2D eigenvalue weighted by Crippen LogP contribution is -2.26. The van der Waals surface area contributed by atoms with Crippen LogP contribution in [-0.2, 0) is 7.05 Å². The van der Waals surface area contributed by atoms with E-state index in [1.54, 1.807) is 10.9 Å². The molecule has 0 amide bonds. The number of nitrogens with zero attached hydrogens (tertiary/aromatic N) is 4. The van der Waals surface area contributed by atoms with Crippen LogP contribution in [0.4, 0.5) is 11.8 Å². The van der Waals surface area contributed by atoms with Gasteiger partial charge in [-0.1, -0.05) is 6.42 Å². The number of hydrogen-bond donors (Lipinski definition) is 2. The highest BCUT2D eigenvalue weighted by atomic mass is 15.2. The fourth-order valence-corrected chi connectivity index (χ4v) is 3.72. The lowest BCUT2D eigenvalue weighted by molar-refractivity contribution is 0.439. The van der Waals surface area contributed by atoms with E-state index in [0.717, 1.165) is 28.8 Å². The zero-order valence-corrected chi connectivity index (χ0v) is 11.0. The number of nitrogens with one attached hydrogen (secondary N) is 1.